The molecule has 0 aliphatic heterocycles. The molecule has 0 spiro atoms. The minimum atomic E-state index is -0.712. The maximum Gasteiger partial charge on any atom is 0.100 e. The Labute approximate surface area is 100 Å². The van der Waals surface area contributed by atoms with Crippen LogP contribution in [0.5, 0.6) is 0 Å². The largest absolute Gasteiger partial charge is 0.384 e. The summed E-state index contributed by atoms with van der Waals surface area (Å²) < 4.78 is 18.8. The SMILES string of the molecule is C=CC[C@@H](C)C[C@](C)(COC)C[C@H](F)CC. The first kappa shape index (κ1) is 15.6. The Kier molecular flexibility index (Phi) is 7.65. The molecule has 0 fully saturated rings. The summed E-state index contributed by atoms with van der Waals surface area (Å²) in [5.41, 5.74) is -0.0490. The van der Waals surface area contributed by atoms with E-state index in [1.54, 1.807) is 7.11 Å². The second-order valence-corrected chi connectivity index (χ2v) is 5.29. The highest BCUT2D eigenvalue weighted by Crippen LogP contribution is 2.34. The molecule has 3 atom stereocenters. The molecule has 0 radical (unpaired) electrons. The van der Waals surface area contributed by atoms with Crippen molar-refractivity contribution >= 4 is 0 Å². The van der Waals surface area contributed by atoms with E-state index in [1.165, 1.54) is 0 Å². The van der Waals surface area contributed by atoms with Crippen LogP contribution >= 0.6 is 0 Å². The molecule has 0 bridgehead atoms. The van der Waals surface area contributed by atoms with Crippen LogP contribution in [-0.4, -0.2) is 19.9 Å². The Bertz CT molecular complexity index is 193. The third-order valence-corrected chi connectivity index (χ3v) is 3.06. The topological polar surface area (TPSA) is 9.23 Å². The molecule has 0 unspecified atom stereocenters. The fourth-order valence-corrected chi connectivity index (χ4v) is 2.44. The number of alkyl halides is 1. The van der Waals surface area contributed by atoms with Gasteiger partial charge in [-0.15, -0.1) is 6.58 Å². The van der Waals surface area contributed by atoms with Gasteiger partial charge in [0, 0.05) is 7.11 Å². The lowest BCUT2D eigenvalue weighted by Gasteiger charge is -2.32. The molecule has 0 aromatic heterocycles. The Hall–Kier alpha value is -0.370. The monoisotopic (exact) mass is 230 g/mol. The van der Waals surface area contributed by atoms with E-state index < -0.39 is 6.17 Å². The number of hydrogen-bond donors (Lipinski definition) is 0. The smallest absolute Gasteiger partial charge is 0.100 e. The van der Waals surface area contributed by atoms with Crippen LogP contribution in [0.3, 0.4) is 0 Å². The third kappa shape index (κ3) is 6.26. The first-order valence-corrected chi connectivity index (χ1v) is 6.21. The molecule has 1 nitrogen and oxygen atoms in total. The van der Waals surface area contributed by atoms with Crippen molar-refractivity contribution in [1.29, 1.82) is 0 Å². The van der Waals surface area contributed by atoms with Gasteiger partial charge in [-0.1, -0.05) is 26.8 Å². The van der Waals surface area contributed by atoms with E-state index in [0.717, 1.165) is 12.8 Å². The van der Waals surface area contributed by atoms with Gasteiger partial charge in [-0.2, -0.15) is 0 Å². The van der Waals surface area contributed by atoms with Crippen LogP contribution in [0.25, 0.3) is 0 Å². The lowest BCUT2D eigenvalue weighted by Crippen LogP contribution is -2.28. The maximum atomic E-state index is 13.5. The molecule has 0 heterocycles. The lowest BCUT2D eigenvalue weighted by atomic mass is 9.77. The van der Waals surface area contributed by atoms with Gasteiger partial charge in [0.25, 0.3) is 0 Å². The van der Waals surface area contributed by atoms with Gasteiger partial charge in [0.2, 0.25) is 0 Å². The zero-order chi connectivity index (χ0) is 12.6. The molecule has 0 rings (SSSR count). The average Bonchev–Trinajstić information content (AvgIpc) is 2.17. The summed E-state index contributed by atoms with van der Waals surface area (Å²) in [5.74, 6) is 0.543. The van der Waals surface area contributed by atoms with E-state index in [2.05, 4.69) is 20.4 Å². The number of methoxy groups -OCH3 is 1. The number of hydrogen-bond acceptors (Lipinski definition) is 1. The number of allylic oxidation sites excluding steroid dienone is 1. The van der Waals surface area contributed by atoms with E-state index >= 15 is 0 Å². The summed E-state index contributed by atoms with van der Waals surface area (Å²) in [7, 11) is 1.69. The molecule has 0 amide bonds. The lowest BCUT2D eigenvalue weighted by molar-refractivity contribution is 0.0466. The predicted octanol–water partition coefficient (Wildman–Crippen LogP) is 4.38. The van der Waals surface area contributed by atoms with Crippen LogP contribution in [0.2, 0.25) is 0 Å². The van der Waals surface area contributed by atoms with Gasteiger partial charge >= 0.3 is 0 Å². The molecule has 0 N–H and O–H groups in total. The minimum Gasteiger partial charge on any atom is -0.384 e. The Balaban J connectivity index is 4.35. The second-order valence-electron chi connectivity index (χ2n) is 5.29. The molecule has 96 valence electrons. The number of ether oxygens (including phenoxy) is 1. The first-order chi connectivity index (χ1) is 7.47. The van der Waals surface area contributed by atoms with Gasteiger partial charge in [0.1, 0.15) is 6.17 Å². The zero-order valence-corrected chi connectivity index (χ0v) is 11.3. The van der Waals surface area contributed by atoms with Gasteiger partial charge in [-0.25, -0.2) is 4.39 Å². The van der Waals surface area contributed by atoms with Crippen LogP contribution in [0.15, 0.2) is 12.7 Å². The van der Waals surface area contributed by atoms with E-state index in [1.807, 2.05) is 13.0 Å². The maximum absolute atomic E-state index is 13.5. The molecular formula is C14H27FO. The van der Waals surface area contributed by atoms with E-state index in [9.17, 15) is 4.39 Å². The summed E-state index contributed by atoms with van der Waals surface area (Å²) >= 11 is 0. The van der Waals surface area contributed by atoms with E-state index in [-0.39, 0.29) is 5.41 Å². The van der Waals surface area contributed by atoms with Crippen molar-refractivity contribution in [3.05, 3.63) is 12.7 Å². The highest BCUT2D eigenvalue weighted by molar-refractivity contribution is 4.82. The van der Waals surface area contributed by atoms with E-state index in [0.29, 0.717) is 25.4 Å². The second kappa shape index (κ2) is 7.83. The van der Waals surface area contributed by atoms with Crippen molar-refractivity contribution in [2.75, 3.05) is 13.7 Å². The van der Waals surface area contributed by atoms with Crippen LogP contribution < -0.4 is 0 Å². The first-order valence-electron chi connectivity index (χ1n) is 6.21. The normalized spacial score (nSPS) is 18.8. The fourth-order valence-electron chi connectivity index (χ4n) is 2.44. The summed E-state index contributed by atoms with van der Waals surface area (Å²) in [6.07, 6.45) is 4.39. The molecular weight excluding hydrogens is 203 g/mol. The van der Waals surface area contributed by atoms with Gasteiger partial charge in [0.15, 0.2) is 0 Å². The number of rotatable bonds is 9. The highest BCUT2D eigenvalue weighted by Gasteiger charge is 2.29. The van der Waals surface area contributed by atoms with Gasteiger partial charge in [-0.3, -0.25) is 0 Å². The molecule has 2 heteroatoms. The molecule has 16 heavy (non-hydrogen) atoms. The summed E-state index contributed by atoms with van der Waals surface area (Å²) in [6, 6.07) is 0. The van der Waals surface area contributed by atoms with Crippen molar-refractivity contribution < 1.29 is 9.13 Å². The third-order valence-electron chi connectivity index (χ3n) is 3.06. The zero-order valence-electron chi connectivity index (χ0n) is 11.3. The van der Waals surface area contributed by atoms with Gasteiger partial charge in [0.05, 0.1) is 6.61 Å². The fraction of sp³-hybridized carbons (Fsp3) is 0.857. The van der Waals surface area contributed by atoms with Crippen LogP contribution in [0.1, 0.15) is 46.5 Å². The van der Waals surface area contributed by atoms with Gasteiger partial charge < -0.3 is 4.74 Å². The van der Waals surface area contributed by atoms with Crippen molar-refractivity contribution in [2.45, 2.75) is 52.6 Å². The van der Waals surface area contributed by atoms with Crippen molar-refractivity contribution in [3.8, 4) is 0 Å². The Morgan fingerprint density at radius 1 is 1.44 bits per heavy atom. The minimum absolute atomic E-state index is 0.0490. The predicted molar refractivity (Wildman–Crippen MR) is 68.4 cm³/mol. The van der Waals surface area contributed by atoms with Crippen molar-refractivity contribution in [1.82, 2.24) is 0 Å². The summed E-state index contributed by atoms with van der Waals surface area (Å²) in [5, 5.41) is 0. The van der Waals surface area contributed by atoms with Crippen molar-refractivity contribution in [2.24, 2.45) is 11.3 Å². The average molecular weight is 230 g/mol. The van der Waals surface area contributed by atoms with Gasteiger partial charge in [-0.05, 0) is 37.0 Å². The Morgan fingerprint density at radius 3 is 2.50 bits per heavy atom. The highest BCUT2D eigenvalue weighted by atomic mass is 19.1. The van der Waals surface area contributed by atoms with Crippen LogP contribution in [0.4, 0.5) is 4.39 Å². The summed E-state index contributed by atoms with van der Waals surface area (Å²) in [4.78, 5) is 0. The number of halogens is 1. The Morgan fingerprint density at radius 2 is 2.06 bits per heavy atom. The molecule has 0 aliphatic carbocycles. The standard InChI is InChI=1S/C14H27FO/c1-6-8-12(3)9-14(4,11-16-5)10-13(15)7-2/h6,12-13H,1,7-11H2,2-5H3/t12-,13-,14+/m1/s1. The van der Waals surface area contributed by atoms with Crippen molar-refractivity contribution in [3.63, 3.8) is 0 Å². The molecule has 0 saturated carbocycles. The van der Waals surface area contributed by atoms with E-state index in [4.69, 9.17) is 4.74 Å². The quantitative estimate of drug-likeness (QED) is 0.534. The molecule has 0 aromatic carbocycles. The molecule has 0 aliphatic rings. The van der Waals surface area contributed by atoms with Crippen LogP contribution in [-0.2, 0) is 4.74 Å². The molecule has 0 aromatic rings. The molecule has 0 saturated heterocycles. The summed E-state index contributed by atoms with van der Waals surface area (Å²) in [6.45, 7) is 10.6. The van der Waals surface area contributed by atoms with Crippen LogP contribution in [0, 0.1) is 11.3 Å².